The molecule has 0 unspecified atom stereocenters. The Balaban J connectivity index is 1.47. The number of fused-ring (bicyclic) bond motifs is 1. The van der Waals surface area contributed by atoms with Crippen LogP contribution < -0.4 is 0 Å². The second-order valence-electron chi connectivity index (χ2n) is 7.95. The summed E-state index contributed by atoms with van der Waals surface area (Å²) in [7, 11) is 2.21. The lowest BCUT2D eigenvalue weighted by atomic mass is 9.94. The minimum Gasteiger partial charge on any atom is -0.345 e. The number of H-pyrrole nitrogens is 1. The number of nitrogens with one attached hydrogen (secondary N) is 1. The summed E-state index contributed by atoms with van der Waals surface area (Å²) >= 11 is 1.82. The van der Waals surface area contributed by atoms with Crippen molar-refractivity contribution in [2.75, 3.05) is 20.1 Å². The molecule has 3 aromatic rings. The Morgan fingerprint density at radius 2 is 2.11 bits per heavy atom. The predicted molar refractivity (Wildman–Crippen MR) is 113 cm³/mol. The molecule has 0 radical (unpaired) electrons. The molecule has 0 saturated carbocycles. The van der Waals surface area contributed by atoms with E-state index in [0.29, 0.717) is 5.92 Å². The van der Waals surface area contributed by atoms with E-state index >= 15 is 0 Å². The van der Waals surface area contributed by atoms with Crippen LogP contribution >= 0.6 is 11.3 Å². The van der Waals surface area contributed by atoms with Crippen molar-refractivity contribution in [1.82, 2.24) is 19.9 Å². The van der Waals surface area contributed by atoms with Gasteiger partial charge in [0.1, 0.15) is 5.65 Å². The van der Waals surface area contributed by atoms with Crippen LogP contribution in [0.5, 0.6) is 0 Å². The van der Waals surface area contributed by atoms with Crippen molar-refractivity contribution in [3.05, 3.63) is 40.5 Å². The quantitative estimate of drug-likeness (QED) is 0.659. The Morgan fingerprint density at radius 1 is 1.22 bits per heavy atom. The highest BCUT2D eigenvalue weighted by atomic mass is 32.1. The largest absolute Gasteiger partial charge is 0.345 e. The van der Waals surface area contributed by atoms with E-state index in [1.807, 2.05) is 17.5 Å². The molecule has 1 N–H and O–H groups in total. The van der Waals surface area contributed by atoms with Crippen molar-refractivity contribution < 1.29 is 0 Å². The third-order valence-corrected chi connectivity index (χ3v) is 7.07. The lowest BCUT2D eigenvalue weighted by Crippen LogP contribution is -2.29. The van der Waals surface area contributed by atoms with Gasteiger partial charge in [-0.3, -0.25) is 0 Å². The van der Waals surface area contributed by atoms with Crippen molar-refractivity contribution >= 4 is 27.9 Å². The maximum atomic E-state index is 5.03. The van der Waals surface area contributed by atoms with Crippen LogP contribution in [0.4, 0.5) is 0 Å². The normalized spacial score (nSPS) is 19.5. The first kappa shape index (κ1) is 17.1. The van der Waals surface area contributed by atoms with Gasteiger partial charge >= 0.3 is 0 Å². The maximum Gasteiger partial charge on any atom is 0.137 e. The van der Waals surface area contributed by atoms with Crippen LogP contribution in [0.15, 0.2) is 29.9 Å². The maximum absolute atomic E-state index is 5.03. The minimum absolute atomic E-state index is 0.617. The third kappa shape index (κ3) is 3.34. The third-order valence-electron chi connectivity index (χ3n) is 6.06. The van der Waals surface area contributed by atoms with E-state index in [1.165, 1.54) is 78.7 Å². The number of pyridine rings is 1. The fraction of sp³-hybridized carbons (Fsp3) is 0.455. The van der Waals surface area contributed by atoms with Crippen LogP contribution in [0.25, 0.3) is 27.9 Å². The zero-order valence-corrected chi connectivity index (χ0v) is 16.7. The van der Waals surface area contributed by atoms with Gasteiger partial charge in [0.15, 0.2) is 0 Å². The Hall–Kier alpha value is -1.98. The van der Waals surface area contributed by atoms with Crippen molar-refractivity contribution in [2.24, 2.45) is 0 Å². The van der Waals surface area contributed by atoms with Crippen LogP contribution in [0, 0.1) is 0 Å². The highest BCUT2D eigenvalue weighted by Crippen LogP contribution is 2.36. The molecule has 0 aromatic carbocycles. The average molecular weight is 379 g/mol. The molecule has 3 aromatic heterocycles. The van der Waals surface area contributed by atoms with Crippen molar-refractivity contribution in [3.8, 4) is 11.3 Å². The number of allylic oxidation sites excluding steroid dienone is 2. The first-order valence-corrected chi connectivity index (χ1v) is 11.0. The number of thiazole rings is 1. The molecule has 0 amide bonds. The van der Waals surface area contributed by atoms with E-state index in [-0.39, 0.29) is 0 Å². The summed E-state index contributed by atoms with van der Waals surface area (Å²) in [5.74, 6) is 0.617. The van der Waals surface area contributed by atoms with E-state index in [2.05, 4.69) is 45.6 Å². The summed E-state index contributed by atoms with van der Waals surface area (Å²) < 4.78 is 0. The van der Waals surface area contributed by atoms with Crippen LogP contribution in [0.3, 0.4) is 0 Å². The van der Waals surface area contributed by atoms with Gasteiger partial charge in [0.25, 0.3) is 0 Å². The van der Waals surface area contributed by atoms with Crippen molar-refractivity contribution in [1.29, 1.82) is 0 Å². The number of aromatic nitrogens is 3. The van der Waals surface area contributed by atoms with E-state index in [0.717, 1.165) is 11.3 Å². The van der Waals surface area contributed by atoms with Gasteiger partial charge in [-0.15, -0.1) is 11.3 Å². The fourth-order valence-corrected chi connectivity index (χ4v) is 5.34. The van der Waals surface area contributed by atoms with Crippen molar-refractivity contribution in [2.45, 2.75) is 44.4 Å². The second-order valence-corrected chi connectivity index (χ2v) is 8.84. The summed E-state index contributed by atoms with van der Waals surface area (Å²) in [5, 5.41) is 4.72. The molecular weight excluding hydrogens is 352 g/mol. The average Bonchev–Trinajstić information content (AvgIpc) is 3.35. The topological polar surface area (TPSA) is 44.8 Å². The SMILES string of the molecule is CN1CCC(c2nc(-c3c[nH]c4ncc(C5=CCCCC5)cc34)cs2)CC1. The Kier molecular flexibility index (Phi) is 4.58. The van der Waals surface area contributed by atoms with Crippen molar-refractivity contribution in [3.63, 3.8) is 0 Å². The molecule has 140 valence electrons. The van der Waals surface area contributed by atoms with Crippen LogP contribution in [0.1, 0.15) is 55.0 Å². The summed E-state index contributed by atoms with van der Waals surface area (Å²) in [6.07, 6.45) is 13.9. The van der Waals surface area contributed by atoms with E-state index in [9.17, 15) is 0 Å². The summed E-state index contributed by atoms with van der Waals surface area (Å²) in [4.78, 5) is 15.5. The summed E-state index contributed by atoms with van der Waals surface area (Å²) in [6, 6.07) is 2.31. The molecule has 1 saturated heterocycles. The molecule has 1 aliphatic carbocycles. The monoisotopic (exact) mass is 378 g/mol. The Bertz CT molecular complexity index is 975. The second kappa shape index (κ2) is 7.21. The van der Waals surface area contributed by atoms with E-state index < -0.39 is 0 Å². The Labute approximate surface area is 164 Å². The first-order valence-electron chi connectivity index (χ1n) is 10.1. The minimum atomic E-state index is 0.617. The van der Waals surface area contributed by atoms with Crippen LogP contribution in [-0.4, -0.2) is 40.0 Å². The van der Waals surface area contributed by atoms with Gasteiger partial charge in [-0.2, -0.15) is 0 Å². The van der Waals surface area contributed by atoms with Gasteiger partial charge in [0.05, 0.1) is 10.7 Å². The molecule has 0 bridgehead atoms. The molecule has 27 heavy (non-hydrogen) atoms. The molecule has 5 rings (SSSR count). The van der Waals surface area contributed by atoms with Crippen LogP contribution in [0.2, 0.25) is 0 Å². The number of likely N-dealkylation sites (tertiary alicyclic amines) is 1. The molecular formula is C22H26N4S. The van der Waals surface area contributed by atoms with E-state index in [4.69, 9.17) is 4.98 Å². The predicted octanol–water partition coefficient (Wildman–Crippen LogP) is 5.45. The van der Waals surface area contributed by atoms with Gasteiger partial charge < -0.3 is 9.88 Å². The fourth-order valence-electron chi connectivity index (χ4n) is 4.35. The van der Waals surface area contributed by atoms with Gasteiger partial charge in [-0.05, 0) is 75.9 Å². The number of rotatable bonds is 3. The van der Waals surface area contributed by atoms with Gasteiger partial charge in [-0.1, -0.05) is 6.08 Å². The number of hydrogen-bond acceptors (Lipinski definition) is 4. The first-order chi connectivity index (χ1) is 13.3. The number of aromatic amines is 1. The lowest BCUT2D eigenvalue weighted by Gasteiger charge is -2.27. The highest BCUT2D eigenvalue weighted by molar-refractivity contribution is 7.10. The van der Waals surface area contributed by atoms with Gasteiger partial charge in [0.2, 0.25) is 0 Å². The van der Waals surface area contributed by atoms with Gasteiger partial charge in [0, 0.05) is 34.6 Å². The number of piperidine rings is 1. The molecule has 1 aliphatic heterocycles. The molecule has 2 aliphatic rings. The van der Waals surface area contributed by atoms with Crippen LogP contribution in [-0.2, 0) is 0 Å². The van der Waals surface area contributed by atoms with E-state index in [1.54, 1.807) is 0 Å². The molecule has 5 heteroatoms. The van der Waals surface area contributed by atoms with Gasteiger partial charge in [-0.25, -0.2) is 9.97 Å². The molecule has 4 heterocycles. The lowest BCUT2D eigenvalue weighted by molar-refractivity contribution is 0.255. The summed E-state index contributed by atoms with van der Waals surface area (Å²) in [6.45, 7) is 2.35. The number of nitrogens with zero attached hydrogens (tertiary/aromatic N) is 3. The zero-order chi connectivity index (χ0) is 18.2. The molecule has 0 atom stereocenters. The smallest absolute Gasteiger partial charge is 0.137 e. The summed E-state index contributed by atoms with van der Waals surface area (Å²) in [5.41, 5.74) is 5.96. The Morgan fingerprint density at radius 3 is 2.93 bits per heavy atom. The zero-order valence-electron chi connectivity index (χ0n) is 15.9. The molecule has 0 spiro atoms. The standard InChI is InChI=1S/C22H26N4S/c1-26-9-7-16(8-10-26)22-25-20(14-27-22)19-13-24-21-18(19)11-17(12-23-21)15-5-3-2-4-6-15/h5,11-14,16H,2-4,6-10H2,1H3,(H,23,24). The molecule has 4 nitrogen and oxygen atoms in total. The highest BCUT2D eigenvalue weighted by Gasteiger charge is 2.22. The molecule has 1 fully saturated rings. The number of hydrogen-bond donors (Lipinski definition) is 1.